The highest BCUT2D eigenvalue weighted by Gasteiger charge is 2.01. The Morgan fingerprint density at radius 2 is 1.92 bits per heavy atom. The Morgan fingerprint density at radius 1 is 1.31 bits per heavy atom. The zero-order chi connectivity index (χ0) is 9.68. The predicted molar refractivity (Wildman–Crippen MR) is 54.4 cm³/mol. The second-order valence-electron chi connectivity index (χ2n) is 2.72. The lowest BCUT2D eigenvalue weighted by atomic mass is 10.3. The zero-order valence-electron chi connectivity index (χ0n) is 7.18. The minimum Gasteiger partial charge on any atom is -0.491 e. The minimum atomic E-state index is -0.810. The Hall–Kier alpha value is -0.630. The summed E-state index contributed by atoms with van der Waals surface area (Å²) in [5.74, 6) is 0.693. The summed E-state index contributed by atoms with van der Waals surface area (Å²) in [7, 11) is 2.57. The molecule has 0 spiro atoms. The molecule has 0 saturated heterocycles. The van der Waals surface area contributed by atoms with Gasteiger partial charge in [0.2, 0.25) is 0 Å². The fourth-order valence-electron chi connectivity index (χ4n) is 0.809. The Kier molecular flexibility index (Phi) is 4.16. The maximum absolute atomic E-state index is 8.99. The topological polar surface area (TPSA) is 49.7 Å². The second-order valence-corrected chi connectivity index (χ2v) is 3.38. The molecule has 0 aliphatic carbocycles. The molecule has 0 bridgehead atoms. The van der Waals surface area contributed by atoms with Crippen molar-refractivity contribution < 1.29 is 14.9 Å². The molecule has 0 radical (unpaired) electrons. The third kappa shape index (κ3) is 3.73. The van der Waals surface area contributed by atoms with E-state index < -0.39 is 6.10 Å². The van der Waals surface area contributed by atoms with Gasteiger partial charge in [0.1, 0.15) is 18.5 Å². The van der Waals surface area contributed by atoms with Crippen LogP contribution in [0.25, 0.3) is 0 Å². The molecule has 2 N–H and O–H groups in total. The van der Waals surface area contributed by atoms with E-state index >= 15 is 0 Å². The second kappa shape index (κ2) is 5.18. The van der Waals surface area contributed by atoms with Crippen molar-refractivity contribution in [1.29, 1.82) is 0 Å². The number of aliphatic hydroxyl groups excluding tert-OH is 2. The molecule has 0 aliphatic heterocycles. The van der Waals surface area contributed by atoms with Crippen molar-refractivity contribution in [1.82, 2.24) is 0 Å². The first-order valence-corrected chi connectivity index (χ1v) is 4.57. The first-order chi connectivity index (χ1) is 6.22. The van der Waals surface area contributed by atoms with Gasteiger partial charge in [0.25, 0.3) is 0 Å². The SMILES string of the molecule is OC[C@H](O)COc1ccc(P)cc1. The molecular formula is C9H13O3P. The number of aliphatic hydroxyl groups is 2. The molecule has 3 nitrogen and oxygen atoms in total. The molecule has 0 aliphatic rings. The van der Waals surface area contributed by atoms with E-state index in [0.717, 1.165) is 5.30 Å². The average molecular weight is 200 g/mol. The van der Waals surface area contributed by atoms with Crippen LogP contribution in [-0.4, -0.2) is 29.5 Å². The third-order valence-corrected chi connectivity index (χ3v) is 1.92. The normalized spacial score (nSPS) is 12.5. The van der Waals surface area contributed by atoms with Crippen LogP contribution < -0.4 is 10.0 Å². The summed E-state index contributed by atoms with van der Waals surface area (Å²) in [5.41, 5.74) is 0. The van der Waals surface area contributed by atoms with Crippen LogP contribution in [0.1, 0.15) is 0 Å². The van der Waals surface area contributed by atoms with Crippen molar-refractivity contribution >= 4 is 14.5 Å². The molecule has 13 heavy (non-hydrogen) atoms. The van der Waals surface area contributed by atoms with Crippen LogP contribution in [0.3, 0.4) is 0 Å². The number of hydrogen-bond donors (Lipinski definition) is 2. The molecular weight excluding hydrogens is 187 g/mol. The number of hydrogen-bond acceptors (Lipinski definition) is 3. The van der Waals surface area contributed by atoms with Gasteiger partial charge in [0.15, 0.2) is 0 Å². The van der Waals surface area contributed by atoms with Crippen molar-refractivity contribution in [3.05, 3.63) is 24.3 Å². The molecule has 0 fully saturated rings. The van der Waals surface area contributed by atoms with Crippen LogP contribution in [0, 0.1) is 0 Å². The van der Waals surface area contributed by atoms with Crippen LogP contribution in [0.5, 0.6) is 5.75 Å². The first kappa shape index (κ1) is 10.5. The summed E-state index contributed by atoms with van der Waals surface area (Å²) in [6.07, 6.45) is -0.810. The van der Waals surface area contributed by atoms with E-state index in [0.29, 0.717) is 5.75 Å². The Bertz CT molecular complexity index is 248. The Labute approximate surface area is 79.6 Å². The molecule has 4 heteroatoms. The highest BCUT2D eigenvalue weighted by molar-refractivity contribution is 7.27. The van der Waals surface area contributed by atoms with Crippen LogP contribution >= 0.6 is 9.24 Å². The zero-order valence-corrected chi connectivity index (χ0v) is 8.34. The fraction of sp³-hybridized carbons (Fsp3) is 0.333. The molecule has 1 rings (SSSR count). The van der Waals surface area contributed by atoms with Gasteiger partial charge >= 0.3 is 0 Å². The van der Waals surface area contributed by atoms with Gasteiger partial charge in [-0.25, -0.2) is 0 Å². The standard InChI is InChI=1S/C9H13O3P/c10-5-7(11)6-12-8-1-3-9(13)4-2-8/h1-4,7,10-11H,5-6,13H2/t7-/m0/s1. The van der Waals surface area contributed by atoms with Crippen molar-refractivity contribution in [2.45, 2.75) is 6.10 Å². The molecule has 0 saturated carbocycles. The minimum absolute atomic E-state index is 0.118. The van der Waals surface area contributed by atoms with Gasteiger partial charge < -0.3 is 14.9 Å². The van der Waals surface area contributed by atoms with Crippen molar-refractivity contribution in [2.24, 2.45) is 0 Å². The molecule has 0 heterocycles. The number of benzene rings is 1. The summed E-state index contributed by atoms with van der Waals surface area (Å²) >= 11 is 0. The largest absolute Gasteiger partial charge is 0.491 e. The van der Waals surface area contributed by atoms with Gasteiger partial charge in [-0.15, -0.1) is 9.24 Å². The first-order valence-electron chi connectivity index (χ1n) is 3.99. The third-order valence-electron chi connectivity index (χ3n) is 1.53. The highest BCUT2D eigenvalue weighted by atomic mass is 31.0. The molecule has 1 aromatic rings. The summed E-state index contributed by atoms with van der Waals surface area (Å²) in [6.45, 7) is -0.158. The quantitative estimate of drug-likeness (QED) is 0.668. The van der Waals surface area contributed by atoms with E-state index in [2.05, 4.69) is 9.24 Å². The summed E-state index contributed by atoms with van der Waals surface area (Å²) in [4.78, 5) is 0. The lowest BCUT2D eigenvalue weighted by Gasteiger charge is -2.09. The summed E-state index contributed by atoms with van der Waals surface area (Å²) in [5, 5.41) is 18.6. The molecule has 1 unspecified atom stereocenters. The van der Waals surface area contributed by atoms with Crippen molar-refractivity contribution in [3.8, 4) is 5.75 Å². The number of rotatable bonds is 4. The summed E-state index contributed by atoms with van der Waals surface area (Å²) in [6, 6.07) is 7.41. The van der Waals surface area contributed by atoms with Gasteiger partial charge in [0, 0.05) is 0 Å². The van der Waals surface area contributed by atoms with Gasteiger partial charge in [-0.05, 0) is 17.4 Å². The highest BCUT2D eigenvalue weighted by Crippen LogP contribution is 2.08. The van der Waals surface area contributed by atoms with Crippen LogP contribution in [0.15, 0.2) is 24.3 Å². The van der Waals surface area contributed by atoms with Gasteiger partial charge in [0.05, 0.1) is 6.61 Å². The molecule has 0 aromatic heterocycles. The van der Waals surface area contributed by atoms with Crippen molar-refractivity contribution in [2.75, 3.05) is 13.2 Å². The van der Waals surface area contributed by atoms with Crippen LogP contribution in [0.2, 0.25) is 0 Å². The van der Waals surface area contributed by atoms with Gasteiger partial charge in [-0.3, -0.25) is 0 Å². The Balaban J connectivity index is 2.41. The van der Waals surface area contributed by atoms with Crippen LogP contribution in [0.4, 0.5) is 0 Å². The lowest BCUT2D eigenvalue weighted by molar-refractivity contribution is 0.0536. The summed E-state index contributed by atoms with van der Waals surface area (Å²) < 4.78 is 5.19. The predicted octanol–water partition coefficient (Wildman–Crippen LogP) is -0.0810. The van der Waals surface area contributed by atoms with E-state index in [4.69, 9.17) is 14.9 Å². The van der Waals surface area contributed by atoms with Gasteiger partial charge in [-0.1, -0.05) is 12.1 Å². The fourth-order valence-corrected chi connectivity index (χ4v) is 1.00. The Morgan fingerprint density at radius 3 is 2.46 bits per heavy atom. The van der Waals surface area contributed by atoms with E-state index in [1.54, 1.807) is 0 Å². The van der Waals surface area contributed by atoms with Crippen LogP contribution in [-0.2, 0) is 0 Å². The maximum Gasteiger partial charge on any atom is 0.119 e. The molecule has 0 amide bonds. The molecule has 72 valence electrons. The average Bonchev–Trinajstić information content (AvgIpc) is 2.16. The van der Waals surface area contributed by atoms with E-state index in [-0.39, 0.29) is 13.2 Å². The molecule has 2 atom stereocenters. The van der Waals surface area contributed by atoms with Gasteiger partial charge in [-0.2, -0.15) is 0 Å². The smallest absolute Gasteiger partial charge is 0.119 e. The van der Waals surface area contributed by atoms with E-state index in [1.807, 2.05) is 24.3 Å². The number of ether oxygens (including phenoxy) is 1. The maximum atomic E-state index is 8.99. The van der Waals surface area contributed by atoms with E-state index in [9.17, 15) is 0 Å². The monoisotopic (exact) mass is 200 g/mol. The lowest BCUT2D eigenvalue weighted by Crippen LogP contribution is -2.21. The van der Waals surface area contributed by atoms with Crippen molar-refractivity contribution in [3.63, 3.8) is 0 Å². The van der Waals surface area contributed by atoms with E-state index in [1.165, 1.54) is 0 Å². The molecule has 1 aromatic carbocycles.